The Kier molecular flexibility index (Phi) is 8.71. The van der Waals surface area contributed by atoms with Crippen molar-refractivity contribution in [1.82, 2.24) is 4.90 Å². The number of aliphatic carboxylic acids is 1. The number of carboxylic acids is 1. The van der Waals surface area contributed by atoms with Gasteiger partial charge in [-0.05, 0) is 53.6 Å². The molecule has 4 nitrogen and oxygen atoms in total. The summed E-state index contributed by atoms with van der Waals surface area (Å²) in [5.41, 5.74) is 3.79. The summed E-state index contributed by atoms with van der Waals surface area (Å²) in [7, 11) is 0. The highest BCUT2D eigenvalue weighted by molar-refractivity contribution is 5.68. The van der Waals surface area contributed by atoms with Crippen molar-refractivity contribution in [2.24, 2.45) is 0 Å². The Labute approximate surface area is 197 Å². The van der Waals surface area contributed by atoms with Crippen molar-refractivity contribution in [1.29, 1.82) is 0 Å². The van der Waals surface area contributed by atoms with Crippen molar-refractivity contribution < 1.29 is 27.8 Å². The lowest BCUT2D eigenvalue weighted by molar-refractivity contribution is -0.139. The van der Waals surface area contributed by atoms with Gasteiger partial charge < -0.3 is 9.84 Å². The van der Waals surface area contributed by atoms with E-state index in [4.69, 9.17) is 9.84 Å². The fourth-order valence-electron chi connectivity index (χ4n) is 3.87. The van der Waals surface area contributed by atoms with Crippen molar-refractivity contribution in [3.8, 4) is 5.75 Å². The van der Waals surface area contributed by atoms with E-state index in [1.54, 1.807) is 0 Å². The average Bonchev–Trinajstić information content (AvgIpc) is 2.99. The van der Waals surface area contributed by atoms with E-state index in [9.17, 15) is 18.0 Å². The summed E-state index contributed by atoms with van der Waals surface area (Å²) < 4.78 is 44.0. The lowest BCUT2D eigenvalue weighted by Crippen LogP contribution is -2.25. The number of hydrogen-bond acceptors (Lipinski definition) is 3. The van der Waals surface area contributed by atoms with E-state index in [2.05, 4.69) is 11.5 Å². The average molecular weight is 472 g/mol. The maximum absolute atomic E-state index is 12.9. The molecule has 3 rings (SSSR count). The number of benzene rings is 2. The number of rotatable bonds is 9. The second kappa shape index (κ2) is 11.7. The van der Waals surface area contributed by atoms with E-state index in [0.29, 0.717) is 12.2 Å². The molecule has 7 heteroatoms. The maximum Gasteiger partial charge on any atom is 0.416 e. The van der Waals surface area contributed by atoms with Crippen LogP contribution in [0.3, 0.4) is 0 Å². The Morgan fingerprint density at radius 1 is 1.06 bits per heavy atom. The largest absolute Gasteiger partial charge is 0.482 e. The van der Waals surface area contributed by atoms with Gasteiger partial charge in [-0.25, -0.2) is 4.79 Å². The van der Waals surface area contributed by atoms with Crippen molar-refractivity contribution >= 4 is 5.97 Å². The first kappa shape index (κ1) is 25.3. The van der Waals surface area contributed by atoms with E-state index >= 15 is 0 Å². The molecule has 0 radical (unpaired) electrons. The smallest absolute Gasteiger partial charge is 0.416 e. The van der Waals surface area contributed by atoms with Crippen LogP contribution >= 0.6 is 0 Å². The van der Waals surface area contributed by atoms with Gasteiger partial charge in [0, 0.05) is 19.6 Å². The summed E-state index contributed by atoms with van der Waals surface area (Å²) in [5, 5.41) is 8.78. The van der Waals surface area contributed by atoms with Crippen LogP contribution in [0, 0.1) is 0 Å². The second-order valence-electron chi connectivity index (χ2n) is 8.17. The molecule has 0 bridgehead atoms. The number of hydrogen-bond donors (Lipinski definition) is 1. The Morgan fingerprint density at radius 2 is 1.74 bits per heavy atom. The number of carbonyl (C=O) groups is 1. The molecule has 180 valence electrons. The monoisotopic (exact) mass is 471 g/mol. The van der Waals surface area contributed by atoms with Crippen LogP contribution in [0.15, 0.2) is 78.9 Å². The molecule has 0 spiro atoms. The van der Waals surface area contributed by atoms with Gasteiger partial charge in [0.25, 0.3) is 0 Å². The molecule has 34 heavy (non-hydrogen) atoms. The van der Waals surface area contributed by atoms with Crippen LogP contribution < -0.4 is 4.74 Å². The zero-order valence-corrected chi connectivity index (χ0v) is 18.9. The molecule has 0 amide bonds. The van der Waals surface area contributed by atoms with Crippen LogP contribution in [-0.4, -0.2) is 41.8 Å². The molecule has 2 aromatic carbocycles. The van der Waals surface area contributed by atoms with Crippen molar-refractivity contribution in [3.63, 3.8) is 0 Å². The molecule has 0 saturated heterocycles. The van der Waals surface area contributed by atoms with Crippen LogP contribution in [0.25, 0.3) is 0 Å². The van der Waals surface area contributed by atoms with Gasteiger partial charge in [-0.1, -0.05) is 61.2 Å². The SMILES string of the molecule is C=C/C=C(\C=C/Cc1ccc(CN2CCc3ccc(OCC(=O)O)cc3CC2)cc1)C(F)(F)F. The van der Waals surface area contributed by atoms with Gasteiger partial charge in [0.05, 0.1) is 5.57 Å². The molecular weight excluding hydrogens is 443 g/mol. The molecule has 0 unspecified atom stereocenters. The maximum atomic E-state index is 12.9. The molecule has 0 aliphatic carbocycles. The van der Waals surface area contributed by atoms with Gasteiger partial charge in [0.15, 0.2) is 6.61 Å². The minimum Gasteiger partial charge on any atom is -0.482 e. The van der Waals surface area contributed by atoms with E-state index in [0.717, 1.165) is 61.8 Å². The van der Waals surface area contributed by atoms with Crippen LogP contribution in [0.5, 0.6) is 5.75 Å². The zero-order valence-electron chi connectivity index (χ0n) is 18.9. The minimum atomic E-state index is -4.39. The topological polar surface area (TPSA) is 49.8 Å². The summed E-state index contributed by atoms with van der Waals surface area (Å²) in [6.07, 6.45) is 2.46. The van der Waals surface area contributed by atoms with Crippen LogP contribution in [0.2, 0.25) is 0 Å². The van der Waals surface area contributed by atoms with Crippen LogP contribution in [0.4, 0.5) is 13.2 Å². The van der Waals surface area contributed by atoms with Gasteiger partial charge in [-0.2, -0.15) is 13.2 Å². The first-order valence-electron chi connectivity index (χ1n) is 11.1. The minimum absolute atomic E-state index is 0.355. The quantitative estimate of drug-likeness (QED) is 0.489. The summed E-state index contributed by atoms with van der Waals surface area (Å²) >= 11 is 0. The Hall–Kier alpha value is -3.32. The molecule has 1 aliphatic heterocycles. The van der Waals surface area contributed by atoms with E-state index in [1.807, 2.05) is 42.5 Å². The van der Waals surface area contributed by atoms with Gasteiger partial charge in [-0.15, -0.1) is 0 Å². The standard InChI is InChI=1S/C27H28F3NO3/c1-2-4-24(27(28,29)30)6-3-5-20-7-9-21(10-8-20)18-31-15-13-22-11-12-25(34-19-26(32)33)17-23(22)14-16-31/h2-4,6-12,17H,1,5,13-16,18-19H2,(H,32,33)/b6-3-,24-4+. The predicted molar refractivity (Wildman–Crippen MR) is 126 cm³/mol. The highest BCUT2D eigenvalue weighted by atomic mass is 19.4. The molecular formula is C27H28F3NO3. The number of fused-ring (bicyclic) bond motifs is 1. The number of ether oxygens (including phenoxy) is 1. The summed E-state index contributed by atoms with van der Waals surface area (Å²) in [6, 6.07) is 13.7. The number of carboxylic acid groups (broad SMARTS) is 1. The number of allylic oxidation sites excluding steroid dienone is 5. The molecule has 0 atom stereocenters. The molecule has 2 aromatic rings. The highest BCUT2D eigenvalue weighted by Gasteiger charge is 2.30. The third kappa shape index (κ3) is 7.63. The van der Waals surface area contributed by atoms with Gasteiger partial charge in [0.1, 0.15) is 5.75 Å². The molecule has 0 fully saturated rings. The Morgan fingerprint density at radius 3 is 2.38 bits per heavy atom. The number of nitrogens with zero attached hydrogens (tertiary/aromatic N) is 1. The van der Waals surface area contributed by atoms with Crippen molar-refractivity contribution in [2.45, 2.75) is 32.0 Å². The molecule has 1 heterocycles. The summed E-state index contributed by atoms with van der Waals surface area (Å²) in [5.74, 6) is -0.430. The summed E-state index contributed by atoms with van der Waals surface area (Å²) in [4.78, 5) is 13.1. The van der Waals surface area contributed by atoms with Crippen molar-refractivity contribution in [2.75, 3.05) is 19.7 Å². The molecule has 0 saturated carbocycles. The fourth-order valence-corrected chi connectivity index (χ4v) is 3.87. The Bertz CT molecular complexity index is 1060. The highest BCUT2D eigenvalue weighted by Crippen LogP contribution is 2.27. The fraction of sp³-hybridized carbons (Fsp3) is 0.296. The summed E-state index contributed by atoms with van der Waals surface area (Å²) in [6.45, 7) is 5.54. The number of alkyl halides is 3. The second-order valence-corrected chi connectivity index (χ2v) is 8.17. The van der Waals surface area contributed by atoms with Crippen LogP contribution in [0.1, 0.15) is 22.3 Å². The van der Waals surface area contributed by atoms with Gasteiger partial charge in [-0.3, -0.25) is 4.90 Å². The third-order valence-electron chi connectivity index (χ3n) is 5.64. The van der Waals surface area contributed by atoms with E-state index < -0.39 is 17.7 Å². The lowest BCUT2D eigenvalue weighted by Gasteiger charge is -2.19. The lowest BCUT2D eigenvalue weighted by atomic mass is 10.0. The normalized spacial score (nSPS) is 15.1. The van der Waals surface area contributed by atoms with Crippen molar-refractivity contribution in [3.05, 3.63) is 101 Å². The molecule has 0 aromatic heterocycles. The third-order valence-corrected chi connectivity index (χ3v) is 5.64. The molecule has 1 aliphatic rings. The first-order chi connectivity index (χ1) is 16.2. The van der Waals surface area contributed by atoms with E-state index in [1.165, 1.54) is 17.2 Å². The van der Waals surface area contributed by atoms with Gasteiger partial charge in [0.2, 0.25) is 0 Å². The first-order valence-corrected chi connectivity index (χ1v) is 11.1. The van der Waals surface area contributed by atoms with Crippen LogP contribution in [-0.2, 0) is 30.6 Å². The Balaban J connectivity index is 1.54. The van der Waals surface area contributed by atoms with E-state index in [-0.39, 0.29) is 6.61 Å². The predicted octanol–water partition coefficient (Wildman–Crippen LogP) is 5.52. The van der Waals surface area contributed by atoms with Gasteiger partial charge >= 0.3 is 12.1 Å². The zero-order chi connectivity index (χ0) is 24.6. The molecule has 1 N–H and O–H groups in total. The number of halogens is 3.